The Morgan fingerprint density at radius 1 is 1.00 bits per heavy atom. The normalized spacial score (nSPS) is 14.7. The van der Waals surface area contributed by atoms with Crippen LogP contribution < -0.4 is 0 Å². The number of carbonyl (C=O) groups excluding carboxylic acids is 2. The maximum Gasteiger partial charge on any atom is 0.305 e. The van der Waals surface area contributed by atoms with Crippen molar-refractivity contribution < 1.29 is 23.9 Å². The monoisotopic (exact) mass is 313 g/mol. The molecule has 3 rings (SSSR count). The maximum atomic E-state index is 13.1. The van der Waals surface area contributed by atoms with E-state index >= 15 is 0 Å². The summed E-state index contributed by atoms with van der Waals surface area (Å²) in [4.78, 5) is 37.1. The van der Waals surface area contributed by atoms with Crippen molar-refractivity contribution in [2.75, 3.05) is 0 Å². The van der Waals surface area contributed by atoms with Crippen molar-refractivity contribution in [1.82, 2.24) is 4.90 Å². The lowest BCUT2D eigenvalue weighted by atomic mass is 10.0. The van der Waals surface area contributed by atoms with Gasteiger partial charge in [-0.3, -0.25) is 19.3 Å². The second-order valence-corrected chi connectivity index (χ2v) is 5.19. The van der Waals surface area contributed by atoms with Gasteiger partial charge < -0.3 is 5.11 Å². The Kier molecular flexibility index (Phi) is 3.65. The number of carboxylic acid groups (broad SMARTS) is 1. The second-order valence-electron chi connectivity index (χ2n) is 5.19. The first-order chi connectivity index (χ1) is 11.0. The van der Waals surface area contributed by atoms with E-state index in [0.717, 1.165) is 4.90 Å². The second kappa shape index (κ2) is 5.64. The number of hydrogen-bond donors (Lipinski definition) is 1. The summed E-state index contributed by atoms with van der Waals surface area (Å²) in [7, 11) is 0. The van der Waals surface area contributed by atoms with Gasteiger partial charge in [0.05, 0.1) is 23.6 Å². The van der Waals surface area contributed by atoms with Gasteiger partial charge in [0.1, 0.15) is 5.82 Å². The van der Waals surface area contributed by atoms with E-state index in [0.29, 0.717) is 5.56 Å². The summed E-state index contributed by atoms with van der Waals surface area (Å²) in [6.45, 7) is 0. The van der Waals surface area contributed by atoms with Crippen LogP contribution in [0.1, 0.15) is 38.7 Å². The van der Waals surface area contributed by atoms with Crippen molar-refractivity contribution in [2.45, 2.75) is 12.5 Å². The van der Waals surface area contributed by atoms with Crippen LogP contribution in [0.2, 0.25) is 0 Å². The third kappa shape index (κ3) is 2.59. The van der Waals surface area contributed by atoms with Gasteiger partial charge in [-0.05, 0) is 29.8 Å². The fourth-order valence-electron chi connectivity index (χ4n) is 2.70. The zero-order valence-electron chi connectivity index (χ0n) is 11.9. The molecule has 23 heavy (non-hydrogen) atoms. The highest BCUT2D eigenvalue weighted by Crippen LogP contribution is 2.33. The van der Waals surface area contributed by atoms with Crippen LogP contribution in [0.3, 0.4) is 0 Å². The molecule has 0 aliphatic carbocycles. The van der Waals surface area contributed by atoms with Crippen LogP contribution in [0.25, 0.3) is 0 Å². The van der Waals surface area contributed by atoms with Crippen LogP contribution in [0.15, 0.2) is 48.5 Å². The quantitative estimate of drug-likeness (QED) is 0.881. The SMILES string of the molecule is O=C(O)CC(c1ccc(F)cc1)N1C(=O)c2ccccc2C1=O. The van der Waals surface area contributed by atoms with Gasteiger partial charge in [-0.1, -0.05) is 24.3 Å². The molecule has 1 atom stereocenters. The summed E-state index contributed by atoms with van der Waals surface area (Å²) >= 11 is 0. The largest absolute Gasteiger partial charge is 0.481 e. The molecule has 0 saturated heterocycles. The van der Waals surface area contributed by atoms with E-state index < -0.39 is 36.1 Å². The van der Waals surface area contributed by atoms with Gasteiger partial charge in [0, 0.05) is 0 Å². The molecule has 0 spiro atoms. The van der Waals surface area contributed by atoms with Crippen LogP contribution >= 0.6 is 0 Å². The number of amides is 2. The Labute approximate surface area is 131 Å². The van der Waals surface area contributed by atoms with E-state index in [1.165, 1.54) is 36.4 Å². The van der Waals surface area contributed by atoms with Crippen molar-refractivity contribution in [3.8, 4) is 0 Å². The minimum Gasteiger partial charge on any atom is -0.481 e. The van der Waals surface area contributed by atoms with Crippen molar-refractivity contribution in [3.05, 3.63) is 71.0 Å². The van der Waals surface area contributed by atoms with Gasteiger partial charge >= 0.3 is 5.97 Å². The molecule has 1 aliphatic heterocycles. The summed E-state index contributed by atoms with van der Waals surface area (Å²) in [5.41, 5.74) is 0.883. The average molecular weight is 313 g/mol. The van der Waals surface area contributed by atoms with Gasteiger partial charge in [-0.25, -0.2) is 4.39 Å². The summed E-state index contributed by atoms with van der Waals surface area (Å²) in [6, 6.07) is 10.4. The van der Waals surface area contributed by atoms with Gasteiger partial charge in [0.15, 0.2) is 0 Å². The number of hydrogen-bond acceptors (Lipinski definition) is 3. The molecule has 0 aromatic heterocycles. The number of rotatable bonds is 4. The highest BCUT2D eigenvalue weighted by molar-refractivity contribution is 6.21. The fraction of sp³-hybridized carbons (Fsp3) is 0.118. The molecular weight excluding hydrogens is 301 g/mol. The van der Waals surface area contributed by atoms with Crippen molar-refractivity contribution in [2.24, 2.45) is 0 Å². The third-order valence-corrected chi connectivity index (χ3v) is 3.76. The average Bonchev–Trinajstić information content (AvgIpc) is 2.78. The first-order valence-electron chi connectivity index (χ1n) is 6.93. The summed E-state index contributed by atoms with van der Waals surface area (Å²) in [5.74, 6) is -2.72. The van der Waals surface area contributed by atoms with Gasteiger partial charge in [-0.2, -0.15) is 0 Å². The molecule has 0 bridgehead atoms. The highest BCUT2D eigenvalue weighted by atomic mass is 19.1. The fourth-order valence-corrected chi connectivity index (χ4v) is 2.70. The lowest BCUT2D eigenvalue weighted by molar-refractivity contribution is -0.138. The Morgan fingerprint density at radius 2 is 1.52 bits per heavy atom. The molecule has 6 heteroatoms. The first-order valence-corrected chi connectivity index (χ1v) is 6.93. The van der Waals surface area contributed by atoms with E-state index in [1.807, 2.05) is 0 Å². The minimum atomic E-state index is -1.16. The predicted octanol–water partition coefficient (Wildman–Crippen LogP) is 2.64. The topological polar surface area (TPSA) is 74.7 Å². The Balaban J connectivity index is 2.04. The van der Waals surface area contributed by atoms with Crippen molar-refractivity contribution in [3.63, 3.8) is 0 Å². The molecule has 0 fully saturated rings. The van der Waals surface area contributed by atoms with E-state index in [4.69, 9.17) is 5.11 Å². The predicted molar refractivity (Wildman–Crippen MR) is 78.3 cm³/mol. The van der Waals surface area contributed by atoms with E-state index in [1.54, 1.807) is 12.1 Å². The molecule has 2 aromatic carbocycles. The molecule has 116 valence electrons. The zero-order chi connectivity index (χ0) is 16.6. The molecule has 0 radical (unpaired) electrons. The molecule has 2 aromatic rings. The summed E-state index contributed by atoms with van der Waals surface area (Å²) < 4.78 is 13.1. The van der Waals surface area contributed by atoms with Gasteiger partial charge in [0.25, 0.3) is 11.8 Å². The zero-order valence-corrected chi connectivity index (χ0v) is 11.9. The molecule has 1 N–H and O–H groups in total. The molecule has 1 unspecified atom stereocenters. The minimum absolute atomic E-state index is 0.245. The number of carboxylic acids is 1. The Hall–Kier alpha value is -3.02. The number of carbonyl (C=O) groups is 3. The summed E-state index contributed by atoms with van der Waals surface area (Å²) in [6.07, 6.45) is -0.447. The highest BCUT2D eigenvalue weighted by Gasteiger charge is 2.41. The smallest absolute Gasteiger partial charge is 0.305 e. The Bertz CT molecular complexity index is 765. The lowest BCUT2D eigenvalue weighted by Gasteiger charge is -2.25. The van der Waals surface area contributed by atoms with E-state index in [-0.39, 0.29) is 11.1 Å². The number of aliphatic carboxylic acids is 1. The van der Waals surface area contributed by atoms with Gasteiger partial charge in [0.2, 0.25) is 0 Å². The first kappa shape index (κ1) is 14.9. The van der Waals surface area contributed by atoms with Crippen molar-refractivity contribution >= 4 is 17.8 Å². The lowest BCUT2D eigenvalue weighted by Crippen LogP contribution is -2.35. The van der Waals surface area contributed by atoms with Crippen LogP contribution in [-0.2, 0) is 4.79 Å². The molecule has 0 saturated carbocycles. The summed E-state index contributed by atoms with van der Waals surface area (Å²) in [5, 5.41) is 9.13. The van der Waals surface area contributed by atoms with E-state index in [2.05, 4.69) is 0 Å². The Morgan fingerprint density at radius 3 is 2.00 bits per heavy atom. The number of nitrogens with zero attached hydrogens (tertiary/aromatic N) is 1. The van der Waals surface area contributed by atoms with Crippen LogP contribution in [-0.4, -0.2) is 27.8 Å². The van der Waals surface area contributed by atoms with E-state index in [9.17, 15) is 18.8 Å². The molecule has 2 amide bonds. The maximum absolute atomic E-state index is 13.1. The molecular formula is C17H12FNO4. The molecule has 1 heterocycles. The molecule has 5 nitrogen and oxygen atoms in total. The standard InChI is InChI=1S/C17H12FNO4/c18-11-7-5-10(6-8-11)14(9-15(20)21)19-16(22)12-3-1-2-4-13(12)17(19)23/h1-8,14H,9H2,(H,20,21). The van der Waals surface area contributed by atoms with Gasteiger partial charge in [-0.15, -0.1) is 0 Å². The molecule has 1 aliphatic rings. The number of benzene rings is 2. The van der Waals surface area contributed by atoms with Crippen LogP contribution in [0.4, 0.5) is 4.39 Å². The van der Waals surface area contributed by atoms with Crippen molar-refractivity contribution in [1.29, 1.82) is 0 Å². The van der Waals surface area contributed by atoms with Crippen LogP contribution in [0.5, 0.6) is 0 Å². The van der Waals surface area contributed by atoms with Crippen LogP contribution in [0, 0.1) is 5.82 Å². The number of halogens is 1. The number of fused-ring (bicyclic) bond motifs is 1. The number of imide groups is 1. The third-order valence-electron chi connectivity index (χ3n) is 3.76.